The fraction of sp³-hybridized carbons (Fsp3) is 0.462. The molecule has 1 aromatic carbocycles. The van der Waals surface area contributed by atoms with E-state index in [2.05, 4.69) is 4.74 Å². The van der Waals surface area contributed by atoms with Crippen molar-refractivity contribution in [3.05, 3.63) is 23.2 Å². The second-order valence-electron chi connectivity index (χ2n) is 3.68. The lowest BCUT2D eigenvalue weighted by molar-refractivity contribution is -0.140. The van der Waals surface area contributed by atoms with Gasteiger partial charge in [-0.2, -0.15) is 0 Å². The summed E-state index contributed by atoms with van der Waals surface area (Å²) >= 11 is 5.84. The van der Waals surface area contributed by atoms with Crippen molar-refractivity contribution in [2.75, 3.05) is 20.8 Å². The standard InChI is InChI=1S/C13H17ClO4/c1-16-12-9-10(14)6-7-11(12)18-8-4-3-5-13(15)17-2/h6-7,9H,3-5,8H2,1-2H3. The summed E-state index contributed by atoms with van der Waals surface area (Å²) < 4.78 is 15.3. The van der Waals surface area contributed by atoms with Gasteiger partial charge < -0.3 is 14.2 Å². The molecule has 0 aliphatic rings. The van der Waals surface area contributed by atoms with Crippen molar-refractivity contribution in [2.24, 2.45) is 0 Å². The van der Waals surface area contributed by atoms with Crippen molar-refractivity contribution in [3.8, 4) is 11.5 Å². The van der Waals surface area contributed by atoms with Gasteiger partial charge in [0.15, 0.2) is 11.5 Å². The van der Waals surface area contributed by atoms with Gasteiger partial charge in [0.05, 0.1) is 20.8 Å². The van der Waals surface area contributed by atoms with E-state index in [1.54, 1.807) is 25.3 Å². The molecule has 100 valence electrons. The molecule has 0 spiro atoms. The van der Waals surface area contributed by atoms with Crippen LogP contribution in [0.4, 0.5) is 0 Å². The zero-order valence-corrected chi connectivity index (χ0v) is 11.3. The van der Waals surface area contributed by atoms with Crippen LogP contribution in [0.15, 0.2) is 18.2 Å². The molecule has 18 heavy (non-hydrogen) atoms. The molecule has 0 amide bonds. The highest BCUT2D eigenvalue weighted by Gasteiger charge is 2.05. The SMILES string of the molecule is COC(=O)CCCCOc1ccc(Cl)cc1OC. The van der Waals surface area contributed by atoms with E-state index in [1.807, 2.05) is 0 Å². The van der Waals surface area contributed by atoms with Crippen LogP contribution >= 0.6 is 11.6 Å². The van der Waals surface area contributed by atoms with Gasteiger partial charge in [0, 0.05) is 17.5 Å². The molecule has 0 aromatic heterocycles. The molecule has 0 radical (unpaired) electrons. The molecule has 1 rings (SSSR count). The minimum Gasteiger partial charge on any atom is -0.493 e. The monoisotopic (exact) mass is 272 g/mol. The van der Waals surface area contributed by atoms with Crippen LogP contribution in [0, 0.1) is 0 Å². The quantitative estimate of drug-likeness (QED) is 0.565. The molecule has 0 aliphatic heterocycles. The fourth-order valence-corrected chi connectivity index (χ4v) is 1.58. The third-order valence-electron chi connectivity index (χ3n) is 2.39. The number of carbonyl (C=O) groups excluding carboxylic acids is 1. The lowest BCUT2D eigenvalue weighted by atomic mass is 10.2. The lowest BCUT2D eigenvalue weighted by Crippen LogP contribution is -2.03. The topological polar surface area (TPSA) is 44.8 Å². The van der Waals surface area contributed by atoms with Gasteiger partial charge in [0.2, 0.25) is 0 Å². The van der Waals surface area contributed by atoms with Crippen molar-refractivity contribution in [2.45, 2.75) is 19.3 Å². The second-order valence-corrected chi connectivity index (χ2v) is 4.11. The molecule has 0 fully saturated rings. The highest BCUT2D eigenvalue weighted by molar-refractivity contribution is 6.30. The van der Waals surface area contributed by atoms with Crippen molar-refractivity contribution in [1.82, 2.24) is 0 Å². The summed E-state index contributed by atoms with van der Waals surface area (Å²) in [5.41, 5.74) is 0. The number of benzene rings is 1. The van der Waals surface area contributed by atoms with E-state index >= 15 is 0 Å². The Hall–Kier alpha value is -1.42. The van der Waals surface area contributed by atoms with E-state index < -0.39 is 0 Å². The van der Waals surface area contributed by atoms with E-state index in [9.17, 15) is 4.79 Å². The Morgan fingerprint density at radius 1 is 1.22 bits per heavy atom. The third-order valence-corrected chi connectivity index (χ3v) is 2.62. The Balaban J connectivity index is 2.33. The zero-order valence-electron chi connectivity index (χ0n) is 10.6. The Bertz CT molecular complexity index is 393. The predicted octanol–water partition coefficient (Wildman–Crippen LogP) is 3.07. The minimum absolute atomic E-state index is 0.195. The highest BCUT2D eigenvalue weighted by atomic mass is 35.5. The van der Waals surface area contributed by atoms with Crippen molar-refractivity contribution < 1.29 is 19.0 Å². The number of hydrogen-bond acceptors (Lipinski definition) is 4. The molecular formula is C13H17ClO4. The number of esters is 1. The number of hydrogen-bond donors (Lipinski definition) is 0. The first-order chi connectivity index (χ1) is 8.67. The maximum absolute atomic E-state index is 10.9. The van der Waals surface area contributed by atoms with E-state index in [1.165, 1.54) is 7.11 Å². The van der Waals surface area contributed by atoms with Crippen LogP contribution in [-0.4, -0.2) is 26.8 Å². The van der Waals surface area contributed by atoms with Crippen LogP contribution in [0.2, 0.25) is 5.02 Å². The van der Waals surface area contributed by atoms with Crippen molar-refractivity contribution >= 4 is 17.6 Å². The summed E-state index contributed by atoms with van der Waals surface area (Å²) in [4.78, 5) is 10.9. The average Bonchev–Trinajstić information content (AvgIpc) is 2.39. The maximum Gasteiger partial charge on any atom is 0.305 e. The van der Waals surface area contributed by atoms with E-state index in [0.717, 1.165) is 12.8 Å². The molecule has 0 saturated heterocycles. The molecule has 0 saturated carbocycles. The Kier molecular flexibility index (Phi) is 6.36. The van der Waals surface area contributed by atoms with Crippen LogP contribution < -0.4 is 9.47 Å². The van der Waals surface area contributed by atoms with Gasteiger partial charge in [-0.25, -0.2) is 0 Å². The Morgan fingerprint density at radius 3 is 2.67 bits per heavy atom. The van der Waals surface area contributed by atoms with Crippen LogP contribution in [0.1, 0.15) is 19.3 Å². The van der Waals surface area contributed by atoms with E-state index in [0.29, 0.717) is 29.5 Å². The van der Waals surface area contributed by atoms with Crippen LogP contribution in [0.3, 0.4) is 0 Å². The van der Waals surface area contributed by atoms with Crippen molar-refractivity contribution in [1.29, 1.82) is 0 Å². The third kappa shape index (κ3) is 4.84. The molecule has 0 aliphatic carbocycles. The number of carbonyl (C=O) groups is 1. The summed E-state index contributed by atoms with van der Waals surface area (Å²) in [6, 6.07) is 5.21. The highest BCUT2D eigenvalue weighted by Crippen LogP contribution is 2.30. The van der Waals surface area contributed by atoms with Gasteiger partial charge in [-0.05, 0) is 25.0 Å². The lowest BCUT2D eigenvalue weighted by Gasteiger charge is -2.10. The summed E-state index contributed by atoms with van der Waals surface area (Å²) in [6.45, 7) is 0.523. The average molecular weight is 273 g/mol. The van der Waals surface area contributed by atoms with Gasteiger partial charge in [-0.3, -0.25) is 4.79 Å². The molecule has 0 bridgehead atoms. The van der Waals surface area contributed by atoms with Gasteiger partial charge in [0.1, 0.15) is 0 Å². The van der Waals surface area contributed by atoms with Crippen LogP contribution in [0.5, 0.6) is 11.5 Å². The van der Waals surface area contributed by atoms with Gasteiger partial charge in [-0.15, -0.1) is 0 Å². The minimum atomic E-state index is -0.195. The maximum atomic E-state index is 10.9. The summed E-state index contributed by atoms with van der Waals surface area (Å²) in [7, 11) is 2.95. The molecule has 0 atom stereocenters. The smallest absolute Gasteiger partial charge is 0.305 e. The molecule has 4 nitrogen and oxygen atoms in total. The molecule has 1 aromatic rings. The van der Waals surface area contributed by atoms with Gasteiger partial charge in [-0.1, -0.05) is 11.6 Å². The number of ether oxygens (including phenoxy) is 3. The number of rotatable bonds is 7. The predicted molar refractivity (Wildman–Crippen MR) is 69.4 cm³/mol. The Labute approximate surface area is 112 Å². The van der Waals surface area contributed by atoms with E-state index in [-0.39, 0.29) is 5.97 Å². The van der Waals surface area contributed by atoms with Gasteiger partial charge >= 0.3 is 5.97 Å². The second kappa shape index (κ2) is 7.82. The first kappa shape index (κ1) is 14.6. The molecule has 0 N–H and O–H groups in total. The van der Waals surface area contributed by atoms with Crippen LogP contribution in [0.25, 0.3) is 0 Å². The number of halogens is 1. The van der Waals surface area contributed by atoms with E-state index in [4.69, 9.17) is 21.1 Å². The zero-order chi connectivity index (χ0) is 13.4. The number of methoxy groups -OCH3 is 2. The molecular weight excluding hydrogens is 256 g/mol. The number of unbranched alkanes of at least 4 members (excludes halogenated alkanes) is 1. The largest absolute Gasteiger partial charge is 0.493 e. The Morgan fingerprint density at radius 2 is 2.00 bits per heavy atom. The molecule has 5 heteroatoms. The first-order valence-electron chi connectivity index (χ1n) is 5.70. The molecule has 0 unspecified atom stereocenters. The summed E-state index contributed by atoms with van der Waals surface area (Å²) in [6.07, 6.45) is 1.93. The fourth-order valence-electron chi connectivity index (χ4n) is 1.42. The van der Waals surface area contributed by atoms with Crippen LogP contribution in [-0.2, 0) is 9.53 Å². The van der Waals surface area contributed by atoms with Crippen molar-refractivity contribution in [3.63, 3.8) is 0 Å². The normalized spacial score (nSPS) is 9.94. The molecule has 0 heterocycles. The summed E-state index contributed by atoms with van der Waals surface area (Å²) in [5, 5.41) is 0.602. The summed E-state index contributed by atoms with van der Waals surface area (Å²) in [5.74, 6) is 1.06. The first-order valence-corrected chi connectivity index (χ1v) is 6.08. The van der Waals surface area contributed by atoms with Gasteiger partial charge in [0.25, 0.3) is 0 Å².